The summed E-state index contributed by atoms with van der Waals surface area (Å²) in [7, 11) is 3.17. The molecule has 3 heterocycles. The van der Waals surface area contributed by atoms with Gasteiger partial charge in [-0.2, -0.15) is 4.98 Å². The van der Waals surface area contributed by atoms with Gasteiger partial charge < -0.3 is 24.3 Å². The molecule has 0 radical (unpaired) electrons. The summed E-state index contributed by atoms with van der Waals surface area (Å²) in [6.07, 6.45) is 4.33. The Kier molecular flexibility index (Phi) is 6.31. The quantitative estimate of drug-likeness (QED) is 0.539. The Morgan fingerprint density at radius 3 is 2.65 bits per heavy atom. The Hall–Kier alpha value is -2.91. The molecule has 1 N–H and O–H groups in total. The van der Waals surface area contributed by atoms with Crippen LogP contribution in [0, 0.1) is 6.92 Å². The number of aryl methyl sites for hydroxylation is 1. The number of benzene rings is 1. The molecule has 34 heavy (non-hydrogen) atoms. The number of thiophene rings is 1. The van der Waals surface area contributed by atoms with E-state index in [1.54, 1.807) is 14.2 Å². The minimum Gasteiger partial charge on any atom is -0.486 e. The van der Waals surface area contributed by atoms with Crippen molar-refractivity contribution < 1.29 is 23.7 Å². The monoisotopic (exact) mass is 483 g/mol. The van der Waals surface area contributed by atoms with Crippen molar-refractivity contribution in [3.8, 4) is 17.4 Å². The summed E-state index contributed by atoms with van der Waals surface area (Å²) in [6, 6.07) is 6.20. The fraction of sp³-hybridized carbons (Fsp3) is 0.480. The summed E-state index contributed by atoms with van der Waals surface area (Å²) >= 11 is 1.36. The second kappa shape index (κ2) is 9.38. The first-order chi connectivity index (χ1) is 16.5. The number of hydrogen-bond acceptors (Lipinski definition) is 8. The van der Waals surface area contributed by atoms with Gasteiger partial charge in [-0.1, -0.05) is 18.9 Å². The van der Waals surface area contributed by atoms with Crippen molar-refractivity contribution in [2.75, 3.05) is 34.0 Å². The SMILES string of the molecule is COCc1nc(OC)c2c(C)c(C(=O)NCC3(c4ccc5c(c4)OCCO5)CCCC3)sc2n1. The number of methoxy groups -OCH3 is 2. The van der Waals surface area contributed by atoms with Gasteiger partial charge in [0.05, 0.1) is 17.4 Å². The van der Waals surface area contributed by atoms with E-state index in [0.717, 1.165) is 53.0 Å². The lowest BCUT2D eigenvalue weighted by molar-refractivity contribution is 0.0946. The zero-order chi connectivity index (χ0) is 23.7. The molecule has 1 aliphatic heterocycles. The number of carbonyl (C=O) groups is 1. The van der Waals surface area contributed by atoms with E-state index in [4.69, 9.17) is 18.9 Å². The van der Waals surface area contributed by atoms with Gasteiger partial charge in [0.25, 0.3) is 5.91 Å². The lowest BCUT2D eigenvalue weighted by Gasteiger charge is -2.31. The predicted octanol–water partition coefficient (Wildman–Crippen LogP) is 4.17. The molecule has 1 amide bonds. The molecule has 2 aliphatic rings. The van der Waals surface area contributed by atoms with Gasteiger partial charge in [0.1, 0.15) is 24.7 Å². The van der Waals surface area contributed by atoms with Gasteiger partial charge in [0.2, 0.25) is 5.88 Å². The maximum atomic E-state index is 13.3. The molecule has 5 rings (SSSR count). The molecule has 2 aromatic heterocycles. The fourth-order valence-electron chi connectivity index (χ4n) is 5.02. The molecule has 0 saturated heterocycles. The van der Waals surface area contributed by atoms with Crippen LogP contribution in [-0.4, -0.2) is 49.9 Å². The van der Waals surface area contributed by atoms with Crippen LogP contribution in [-0.2, 0) is 16.8 Å². The van der Waals surface area contributed by atoms with Crippen LogP contribution in [0.5, 0.6) is 17.4 Å². The predicted molar refractivity (Wildman–Crippen MR) is 129 cm³/mol. The number of amides is 1. The molecule has 0 unspecified atom stereocenters. The number of fused-ring (bicyclic) bond motifs is 2. The Balaban J connectivity index is 1.41. The maximum Gasteiger partial charge on any atom is 0.261 e. The molecule has 9 heteroatoms. The number of ether oxygens (including phenoxy) is 4. The molecular weight excluding hydrogens is 454 g/mol. The Labute approximate surface area is 202 Å². The van der Waals surface area contributed by atoms with Crippen molar-refractivity contribution in [1.82, 2.24) is 15.3 Å². The van der Waals surface area contributed by atoms with Crippen LogP contribution in [0.3, 0.4) is 0 Å². The summed E-state index contributed by atoms with van der Waals surface area (Å²) in [5.74, 6) is 2.48. The lowest BCUT2D eigenvalue weighted by atomic mass is 9.78. The highest BCUT2D eigenvalue weighted by atomic mass is 32.1. The van der Waals surface area contributed by atoms with Gasteiger partial charge >= 0.3 is 0 Å². The maximum absolute atomic E-state index is 13.3. The van der Waals surface area contributed by atoms with Crippen LogP contribution < -0.4 is 19.5 Å². The Bertz CT molecular complexity index is 1220. The zero-order valence-corrected chi connectivity index (χ0v) is 20.5. The largest absolute Gasteiger partial charge is 0.486 e. The molecule has 1 saturated carbocycles. The standard InChI is InChI=1S/C25H29N3O5S/c1-15-20-23(31-3)27-19(13-30-2)28-24(20)34-21(15)22(29)26-14-25(8-4-5-9-25)16-6-7-17-18(12-16)33-11-10-32-17/h6-7,12H,4-5,8-11,13-14H2,1-3H3,(H,26,29). The summed E-state index contributed by atoms with van der Waals surface area (Å²) < 4.78 is 22.2. The van der Waals surface area contributed by atoms with Crippen molar-refractivity contribution >= 4 is 27.5 Å². The molecule has 180 valence electrons. The number of carbonyl (C=O) groups excluding carboxylic acids is 1. The van der Waals surface area contributed by atoms with E-state index in [1.807, 2.05) is 13.0 Å². The minimum atomic E-state index is -0.112. The van der Waals surface area contributed by atoms with Crippen LogP contribution >= 0.6 is 11.3 Å². The Morgan fingerprint density at radius 2 is 1.91 bits per heavy atom. The van der Waals surface area contributed by atoms with Gasteiger partial charge in [0, 0.05) is 19.1 Å². The van der Waals surface area contributed by atoms with E-state index in [0.29, 0.717) is 36.3 Å². The van der Waals surface area contributed by atoms with Gasteiger partial charge in [0.15, 0.2) is 17.3 Å². The normalized spacial score (nSPS) is 16.6. The highest BCUT2D eigenvalue weighted by Gasteiger charge is 2.37. The average Bonchev–Trinajstić information content (AvgIpc) is 3.47. The zero-order valence-electron chi connectivity index (χ0n) is 19.7. The third-order valence-electron chi connectivity index (χ3n) is 6.78. The molecule has 0 bridgehead atoms. The van der Waals surface area contributed by atoms with Crippen molar-refractivity contribution in [2.45, 2.75) is 44.6 Å². The second-order valence-electron chi connectivity index (χ2n) is 8.85. The van der Waals surface area contributed by atoms with Crippen molar-refractivity contribution in [2.24, 2.45) is 0 Å². The highest BCUT2D eigenvalue weighted by Crippen LogP contribution is 2.44. The van der Waals surface area contributed by atoms with Gasteiger partial charge in [-0.05, 0) is 43.0 Å². The molecule has 0 spiro atoms. The lowest BCUT2D eigenvalue weighted by Crippen LogP contribution is -2.39. The van der Waals surface area contributed by atoms with E-state index in [1.165, 1.54) is 16.9 Å². The molecule has 1 fully saturated rings. The van der Waals surface area contributed by atoms with Crippen molar-refractivity contribution in [1.29, 1.82) is 0 Å². The van der Waals surface area contributed by atoms with Crippen LogP contribution in [0.1, 0.15) is 52.3 Å². The molecule has 3 aromatic rings. The molecule has 1 aliphatic carbocycles. The van der Waals surface area contributed by atoms with Gasteiger partial charge in [-0.25, -0.2) is 4.98 Å². The second-order valence-corrected chi connectivity index (χ2v) is 9.85. The van der Waals surface area contributed by atoms with E-state index in [2.05, 4.69) is 27.4 Å². The van der Waals surface area contributed by atoms with E-state index in [-0.39, 0.29) is 17.9 Å². The number of nitrogens with zero attached hydrogens (tertiary/aromatic N) is 2. The van der Waals surface area contributed by atoms with E-state index < -0.39 is 0 Å². The smallest absolute Gasteiger partial charge is 0.261 e. The first-order valence-electron chi connectivity index (χ1n) is 11.6. The first-order valence-corrected chi connectivity index (χ1v) is 12.4. The molecular formula is C25H29N3O5S. The molecule has 8 nitrogen and oxygen atoms in total. The first kappa shape index (κ1) is 22.9. The average molecular weight is 484 g/mol. The van der Waals surface area contributed by atoms with Gasteiger partial charge in [-0.15, -0.1) is 11.3 Å². The number of aromatic nitrogens is 2. The summed E-state index contributed by atoms with van der Waals surface area (Å²) in [5, 5.41) is 4.00. The summed E-state index contributed by atoms with van der Waals surface area (Å²) in [6.45, 7) is 3.90. The topological polar surface area (TPSA) is 91.8 Å². The molecule has 1 aromatic carbocycles. The van der Waals surface area contributed by atoms with Crippen LogP contribution in [0.4, 0.5) is 0 Å². The third kappa shape index (κ3) is 4.07. The van der Waals surface area contributed by atoms with Gasteiger partial charge in [-0.3, -0.25) is 4.79 Å². The number of nitrogens with one attached hydrogen (secondary N) is 1. The Morgan fingerprint density at radius 1 is 1.15 bits per heavy atom. The van der Waals surface area contributed by atoms with Crippen molar-refractivity contribution in [3.63, 3.8) is 0 Å². The summed E-state index contributed by atoms with van der Waals surface area (Å²) in [5.41, 5.74) is 1.91. The fourth-order valence-corrected chi connectivity index (χ4v) is 6.13. The van der Waals surface area contributed by atoms with E-state index in [9.17, 15) is 4.79 Å². The van der Waals surface area contributed by atoms with Crippen molar-refractivity contribution in [3.05, 3.63) is 40.0 Å². The highest BCUT2D eigenvalue weighted by molar-refractivity contribution is 7.20. The summed E-state index contributed by atoms with van der Waals surface area (Å²) in [4.78, 5) is 23.7. The van der Waals surface area contributed by atoms with Crippen LogP contribution in [0.15, 0.2) is 18.2 Å². The minimum absolute atomic E-state index is 0.0975. The van der Waals surface area contributed by atoms with E-state index >= 15 is 0 Å². The van der Waals surface area contributed by atoms with Crippen LogP contribution in [0.2, 0.25) is 0 Å². The third-order valence-corrected chi connectivity index (χ3v) is 7.96. The van der Waals surface area contributed by atoms with Crippen LogP contribution in [0.25, 0.3) is 10.2 Å². The number of rotatable bonds is 7. The number of hydrogen-bond donors (Lipinski definition) is 1. The molecule has 0 atom stereocenters.